The van der Waals surface area contributed by atoms with Crippen LogP contribution in [-0.4, -0.2) is 13.2 Å². The zero-order valence-electron chi connectivity index (χ0n) is 9.44. The summed E-state index contributed by atoms with van der Waals surface area (Å²) >= 11 is 0. The molecule has 4 heteroatoms. The van der Waals surface area contributed by atoms with Gasteiger partial charge in [0.25, 0.3) is 0 Å². The molecule has 0 unspecified atom stereocenters. The van der Waals surface area contributed by atoms with Crippen molar-refractivity contribution in [3.8, 4) is 6.07 Å². The van der Waals surface area contributed by atoms with Crippen LogP contribution in [0.15, 0.2) is 23.1 Å². The summed E-state index contributed by atoms with van der Waals surface area (Å²) in [6, 6.07) is 7.31. The van der Waals surface area contributed by atoms with E-state index in [-0.39, 0.29) is 0 Å². The number of hydrogen-bond acceptors (Lipinski definition) is 3. The molecule has 17 heavy (non-hydrogen) atoms. The Bertz CT molecular complexity index is 621. The molecule has 3 rings (SSSR count). The molecule has 0 aromatic heterocycles. The largest absolute Gasteiger partial charge is 0.222 e. The van der Waals surface area contributed by atoms with E-state index in [1.54, 1.807) is 12.1 Å². The number of benzene rings is 1. The predicted molar refractivity (Wildman–Crippen MR) is 63.2 cm³/mol. The molecule has 0 radical (unpaired) electrons. The van der Waals surface area contributed by atoms with Crippen LogP contribution in [0.1, 0.15) is 30.4 Å². The maximum absolute atomic E-state index is 12.3. The van der Waals surface area contributed by atoms with Gasteiger partial charge in [-0.05, 0) is 55.4 Å². The van der Waals surface area contributed by atoms with Crippen LogP contribution in [0.4, 0.5) is 0 Å². The monoisotopic (exact) mass is 247 g/mol. The molecule has 1 saturated carbocycles. The molecule has 0 heterocycles. The van der Waals surface area contributed by atoms with Gasteiger partial charge in [-0.2, -0.15) is 5.26 Å². The van der Waals surface area contributed by atoms with Crippen molar-refractivity contribution >= 4 is 9.84 Å². The predicted octanol–water partition coefficient (Wildman–Crippen LogP) is 2.01. The van der Waals surface area contributed by atoms with Crippen LogP contribution in [0.5, 0.6) is 0 Å². The number of rotatable bonds is 2. The molecule has 0 N–H and O–H groups in total. The summed E-state index contributed by atoms with van der Waals surface area (Å²) in [5.74, 6) is 0. The highest BCUT2D eigenvalue weighted by molar-refractivity contribution is 7.93. The maximum Gasteiger partial charge on any atom is 0.197 e. The Labute approximate surface area is 101 Å². The van der Waals surface area contributed by atoms with Crippen LogP contribution < -0.4 is 0 Å². The van der Waals surface area contributed by atoms with Crippen molar-refractivity contribution in [1.29, 1.82) is 5.26 Å². The van der Waals surface area contributed by atoms with Crippen LogP contribution in [0.2, 0.25) is 0 Å². The Hall–Kier alpha value is -1.34. The summed E-state index contributed by atoms with van der Waals surface area (Å²) in [4.78, 5) is 0.331. The minimum Gasteiger partial charge on any atom is -0.222 e. The maximum atomic E-state index is 12.3. The Morgan fingerprint density at radius 1 is 1.18 bits per heavy atom. The lowest BCUT2D eigenvalue weighted by Crippen LogP contribution is -2.21. The first-order valence-corrected chi connectivity index (χ1v) is 7.35. The third-order valence-electron chi connectivity index (χ3n) is 3.80. The number of sulfone groups is 1. The van der Waals surface area contributed by atoms with Crippen molar-refractivity contribution in [2.24, 2.45) is 0 Å². The first-order valence-electron chi connectivity index (χ1n) is 5.87. The number of hydrogen-bond donors (Lipinski definition) is 0. The topological polar surface area (TPSA) is 57.9 Å². The fraction of sp³-hybridized carbons (Fsp3) is 0.462. The van der Waals surface area contributed by atoms with Gasteiger partial charge < -0.3 is 0 Å². The van der Waals surface area contributed by atoms with Crippen LogP contribution in [0.3, 0.4) is 0 Å². The molecule has 3 nitrogen and oxygen atoms in total. The fourth-order valence-corrected chi connectivity index (χ4v) is 4.25. The molecule has 88 valence electrons. The second-order valence-corrected chi connectivity index (χ2v) is 7.15. The van der Waals surface area contributed by atoms with Crippen molar-refractivity contribution in [3.05, 3.63) is 29.3 Å². The number of fused-ring (bicyclic) bond motifs is 1. The van der Waals surface area contributed by atoms with Crippen LogP contribution in [-0.2, 0) is 22.7 Å². The lowest BCUT2D eigenvalue weighted by atomic mass is 10.1. The Morgan fingerprint density at radius 3 is 2.53 bits per heavy atom. The summed E-state index contributed by atoms with van der Waals surface area (Å²) in [6.45, 7) is 0. The first kappa shape index (κ1) is 10.8. The molecule has 0 aliphatic heterocycles. The lowest BCUT2D eigenvalue weighted by molar-refractivity contribution is 0.588. The van der Waals surface area contributed by atoms with E-state index in [4.69, 9.17) is 5.26 Å². The zero-order chi connectivity index (χ0) is 12.1. The summed E-state index contributed by atoms with van der Waals surface area (Å²) in [5, 5.41) is 9.02. The highest BCUT2D eigenvalue weighted by Gasteiger charge is 2.56. The van der Waals surface area contributed by atoms with Crippen LogP contribution in [0, 0.1) is 11.3 Å². The van der Waals surface area contributed by atoms with Gasteiger partial charge in [0.05, 0.1) is 11.0 Å². The van der Waals surface area contributed by atoms with Crippen molar-refractivity contribution in [1.82, 2.24) is 0 Å². The number of nitriles is 1. The molecular formula is C13H13NO2S. The standard InChI is InChI=1S/C13H13NO2S/c14-9-13(6-7-13)17(15,16)12-5-4-10-2-1-3-11(10)8-12/h4-5,8H,1-3,6-7H2. The normalized spacial score (nSPS) is 20.6. The molecule has 2 aliphatic rings. The first-order chi connectivity index (χ1) is 8.09. The van der Waals surface area contributed by atoms with Gasteiger partial charge in [-0.15, -0.1) is 0 Å². The molecule has 1 aromatic rings. The summed E-state index contributed by atoms with van der Waals surface area (Å²) in [5.41, 5.74) is 2.39. The quantitative estimate of drug-likeness (QED) is 0.803. The highest BCUT2D eigenvalue weighted by Crippen LogP contribution is 2.46. The average molecular weight is 247 g/mol. The summed E-state index contributed by atoms with van der Waals surface area (Å²) in [7, 11) is -3.46. The minimum atomic E-state index is -3.46. The van der Waals surface area contributed by atoms with Gasteiger partial charge in [0.15, 0.2) is 14.6 Å². The van der Waals surface area contributed by atoms with Gasteiger partial charge in [-0.25, -0.2) is 8.42 Å². The SMILES string of the molecule is N#CC1(S(=O)(=O)c2ccc3c(c2)CCC3)CC1. The molecule has 2 aliphatic carbocycles. The van der Waals surface area contributed by atoms with Crippen molar-refractivity contribution < 1.29 is 8.42 Å². The Morgan fingerprint density at radius 2 is 1.88 bits per heavy atom. The van der Waals surface area contributed by atoms with E-state index >= 15 is 0 Å². The van der Waals surface area contributed by atoms with Gasteiger partial charge in [-0.3, -0.25) is 0 Å². The van der Waals surface area contributed by atoms with E-state index < -0.39 is 14.6 Å². The Kier molecular flexibility index (Phi) is 2.11. The minimum absolute atomic E-state index is 0.331. The third-order valence-corrected chi connectivity index (χ3v) is 6.21. The van der Waals surface area contributed by atoms with Crippen LogP contribution in [0.25, 0.3) is 0 Å². The molecule has 1 fully saturated rings. The second-order valence-electron chi connectivity index (χ2n) is 4.89. The van der Waals surface area contributed by atoms with E-state index in [0.717, 1.165) is 24.8 Å². The highest BCUT2D eigenvalue weighted by atomic mass is 32.2. The van der Waals surface area contributed by atoms with Crippen molar-refractivity contribution in [3.63, 3.8) is 0 Å². The van der Waals surface area contributed by atoms with Crippen molar-refractivity contribution in [2.45, 2.75) is 41.7 Å². The van der Waals surface area contributed by atoms with E-state index in [9.17, 15) is 8.42 Å². The fourth-order valence-electron chi connectivity index (χ4n) is 2.50. The van der Waals surface area contributed by atoms with E-state index in [2.05, 4.69) is 0 Å². The summed E-state index contributed by atoms with van der Waals surface area (Å²) in [6.07, 6.45) is 4.05. The van der Waals surface area contributed by atoms with Gasteiger partial charge >= 0.3 is 0 Å². The van der Waals surface area contributed by atoms with E-state index in [1.165, 1.54) is 5.56 Å². The van der Waals surface area contributed by atoms with Gasteiger partial charge in [0, 0.05) is 0 Å². The average Bonchev–Trinajstić information content (AvgIpc) is 3.00. The van der Waals surface area contributed by atoms with E-state index in [0.29, 0.717) is 17.7 Å². The molecular weight excluding hydrogens is 234 g/mol. The van der Waals surface area contributed by atoms with E-state index in [1.807, 2.05) is 12.1 Å². The third kappa shape index (κ3) is 1.42. The van der Waals surface area contributed by atoms with Crippen molar-refractivity contribution in [2.75, 3.05) is 0 Å². The molecule has 0 spiro atoms. The molecule has 0 amide bonds. The number of aryl methyl sites for hydroxylation is 2. The smallest absolute Gasteiger partial charge is 0.197 e. The molecule has 0 atom stereocenters. The lowest BCUT2D eigenvalue weighted by Gasteiger charge is -2.10. The van der Waals surface area contributed by atoms with Gasteiger partial charge in [0.2, 0.25) is 0 Å². The molecule has 0 bridgehead atoms. The second kappa shape index (κ2) is 3.33. The zero-order valence-corrected chi connectivity index (χ0v) is 10.3. The Balaban J connectivity index is 2.09. The van der Waals surface area contributed by atoms with Crippen LogP contribution >= 0.6 is 0 Å². The molecule has 0 saturated heterocycles. The van der Waals surface area contributed by atoms with Gasteiger partial charge in [-0.1, -0.05) is 6.07 Å². The van der Waals surface area contributed by atoms with Gasteiger partial charge in [0.1, 0.15) is 0 Å². The molecule has 1 aromatic carbocycles. The number of nitrogens with zero attached hydrogens (tertiary/aromatic N) is 1. The summed E-state index contributed by atoms with van der Waals surface area (Å²) < 4.78 is 23.5.